The van der Waals surface area contributed by atoms with E-state index in [1.54, 1.807) is 0 Å². The Morgan fingerprint density at radius 2 is 1.00 bits per heavy atom. The first-order valence-electron chi connectivity index (χ1n) is 0. The van der Waals surface area contributed by atoms with Crippen molar-refractivity contribution >= 4 is 47.0 Å². The molecule has 0 saturated carbocycles. The van der Waals surface area contributed by atoms with Crippen molar-refractivity contribution in [1.29, 1.82) is 0 Å². The molecule has 0 nitrogen and oxygen atoms in total. The smallest absolute Gasteiger partial charge is 0 e. The monoisotopic (exact) mass is 370 g/mol. The van der Waals surface area contributed by atoms with Crippen molar-refractivity contribution in [2.75, 3.05) is 0 Å². The summed E-state index contributed by atoms with van der Waals surface area (Å²) < 4.78 is 0. The van der Waals surface area contributed by atoms with Gasteiger partial charge in [-0.05, 0) is 0 Å². The summed E-state index contributed by atoms with van der Waals surface area (Å²) in [6.45, 7) is 0. The van der Waals surface area contributed by atoms with E-state index < -0.39 is 0 Å². The number of rotatable bonds is 0. The van der Waals surface area contributed by atoms with Crippen LogP contribution >= 0.6 is 24.0 Å². The van der Waals surface area contributed by atoms with E-state index in [1.807, 2.05) is 0 Å². The Kier molecular flexibility index (Phi) is 222. The maximum atomic E-state index is 0. The third kappa shape index (κ3) is 19.0. The van der Waals surface area contributed by atoms with Crippen molar-refractivity contribution < 1.29 is 55.2 Å². The third-order valence-corrected chi connectivity index (χ3v) is 0. The summed E-state index contributed by atoms with van der Waals surface area (Å²) in [5, 5.41) is 0. The minimum atomic E-state index is 0. The Balaban J connectivity index is 0. The van der Waals surface area contributed by atoms with Gasteiger partial charge >= 0.3 is 23.1 Å². The fourth-order valence-corrected chi connectivity index (χ4v) is 0. The minimum absolute atomic E-state index is 0. The molecule has 0 bridgehead atoms. The van der Waals surface area contributed by atoms with Gasteiger partial charge in [0.1, 0.15) is 0 Å². The van der Waals surface area contributed by atoms with Crippen molar-refractivity contribution in [2.24, 2.45) is 0 Å². The van der Waals surface area contributed by atoms with Gasteiger partial charge in [0.2, 0.25) is 0 Å². The molecule has 2 radical (unpaired) electrons. The topological polar surface area (TPSA) is 0 Å². The van der Waals surface area contributed by atoms with Crippen LogP contribution in [0.4, 0.5) is 0 Å². The Labute approximate surface area is 100 Å². The molecule has 0 fully saturated rings. The SMILES string of the molecule is [Cu].[Fe].[I].[MgH2].[Mo]. The molecule has 0 saturated heterocycles. The van der Waals surface area contributed by atoms with Gasteiger partial charge in [-0.15, -0.1) is 0 Å². The maximum absolute atomic E-state index is 0. The van der Waals surface area contributed by atoms with Crippen LogP contribution in [-0.2, 0) is 55.2 Å². The van der Waals surface area contributed by atoms with E-state index in [0.717, 1.165) is 0 Å². The molecule has 0 aromatic heterocycles. The van der Waals surface area contributed by atoms with E-state index in [2.05, 4.69) is 0 Å². The predicted octanol–water partition coefficient (Wildman–Crippen LogP) is -0.0380. The molecule has 0 aliphatic carbocycles. The van der Waals surface area contributed by atoms with Crippen LogP contribution in [0.5, 0.6) is 0 Å². The molecule has 0 unspecified atom stereocenters. The van der Waals surface area contributed by atoms with Crippen LogP contribution in [-0.4, -0.2) is 23.1 Å². The van der Waals surface area contributed by atoms with Crippen LogP contribution in [0.15, 0.2) is 0 Å². The largest absolute Gasteiger partial charge is 0.316 e. The van der Waals surface area contributed by atoms with Crippen LogP contribution in [0, 0.1) is 0 Å². The molecule has 0 amide bonds. The van der Waals surface area contributed by atoms with Gasteiger partial charge in [0.05, 0.1) is 0 Å². The summed E-state index contributed by atoms with van der Waals surface area (Å²) in [7, 11) is 0. The van der Waals surface area contributed by atoms with Gasteiger partial charge in [0.15, 0.2) is 0 Å². The molecule has 0 N–H and O–H groups in total. The van der Waals surface area contributed by atoms with Gasteiger partial charge in [0, 0.05) is 79.2 Å². The molecule has 0 aliphatic heterocycles. The maximum Gasteiger partial charge on any atom is 0.316 e. The zero-order valence-electron chi connectivity index (χ0n) is 1.44. The Morgan fingerprint density at radius 1 is 1.00 bits per heavy atom. The second-order valence-corrected chi connectivity index (χ2v) is 0. The molecule has 0 rings (SSSR count). The normalized spacial score (nSPS) is 0. The molecule has 0 aliphatic rings. The molecule has 0 aromatic carbocycles. The molecule has 0 heterocycles. The first kappa shape index (κ1) is 41.3. The average molecular weight is 369 g/mol. The fraction of sp³-hybridized carbons (Fsp3) is 0. The third-order valence-electron chi connectivity index (χ3n) is 0. The molecular formula is H2CuFeIMgMo. The Morgan fingerprint density at radius 3 is 1.00 bits per heavy atom. The number of hydrogen-bond donors (Lipinski definition) is 0. The predicted molar refractivity (Wildman–Crippen MR) is 22.6 cm³/mol. The first-order valence-corrected chi connectivity index (χ1v) is 0. The summed E-state index contributed by atoms with van der Waals surface area (Å²) >= 11 is 0. The van der Waals surface area contributed by atoms with E-state index in [-0.39, 0.29) is 102 Å². The molecule has 0 aromatic rings. The van der Waals surface area contributed by atoms with Gasteiger partial charge in [-0.1, -0.05) is 0 Å². The van der Waals surface area contributed by atoms with E-state index in [0.29, 0.717) is 0 Å². The van der Waals surface area contributed by atoms with Gasteiger partial charge in [-0.25, -0.2) is 0 Å². The fourth-order valence-electron chi connectivity index (χ4n) is 0. The minimum Gasteiger partial charge on any atom is 0 e. The van der Waals surface area contributed by atoms with Crippen LogP contribution in [0.1, 0.15) is 0 Å². The van der Waals surface area contributed by atoms with Crippen molar-refractivity contribution in [3.05, 3.63) is 0 Å². The van der Waals surface area contributed by atoms with Gasteiger partial charge in [0.25, 0.3) is 0 Å². The quantitative estimate of drug-likeness (QED) is 0.416. The number of hydrogen-bond acceptors (Lipinski definition) is 0. The van der Waals surface area contributed by atoms with Crippen LogP contribution in [0.2, 0.25) is 0 Å². The van der Waals surface area contributed by atoms with E-state index in [1.165, 1.54) is 0 Å². The van der Waals surface area contributed by atoms with Crippen molar-refractivity contribution in [2.45, 2.75) is 0 Å². The second-order valence-electron chi connectivity index (χ2n) is 0. The molecule has 5 heteroatoms. The standard InChI is InChI=1S/Cu.Fe.I.Mg.Mo.2H. The molecule has 5 heavy (non-hydrogen) atoms. The average Bonchev–Trinajstić information content (AvgIpc) is 0. The summed E-state index contributed by atoms with van der Waals surface area (Å²) in [5.74, 6) is 0. The first-order chi connectivity index (χ1) is 0. The van der Waals surface area contributed by atoms with Crippen molar-refractivity contribution in [1.82, 2.24) is 0 Å². The molecule has 0 spiro atoms. The zero-order valence-corrected chi connectivity index (χ0v) is 7.65. The molecule has 0 atom stereocenters. The Hall–Kier alpha value is 3.22. The summed E-state index contributed by atoms with van der Waals surface area (Å²) in [5.41, 5.74) is 0. The van der Waals surface area contributed by atoms with Crippen molar-refractivity contribution in [3.63, 3.8) is 0 Å². The van der Waals surface area contributed by atoms with E-state index in [4.69, 9.17) is 0 Å². The van der Waals surface area contributed by atoms with E-state index >= 15 is 0 Å². The summed E-state index contributed by atoms with van der Waals surface area (Å²) in [4.78, 5) is 0. The molecular weight excluding hydrogens is 367 g/mol. The second kappa shape index (κ2) is 26.9. The molecule has 36 valence electrons. The summed E-state index contributed by atoms with van der Waals surface area (Å²) in [6, 6.07) is 0. The van der Waals surface area contributed by atoms with Gasteiger partial charge in [-0.2, -0.15) is 0 Å². The zero-order chi connectivity index (χ0) is 0. The Bertz CT molecular complexity index is 11.6. The number of halogens is 1. The van der Waals surface area contributed by atoms with Crippen molar-refractivity contribution in [3.8, 4) is 0 Å². The summed E-state index contributed by atoms with van der Waals surface area (Å²) in [6.07, 6.45) is 0. The van der Waals surface area contributed by atoms with Crippen LogP contribution < -0.4 is 0 Å². The van der Waals surface area contributed by atoms with Gasteiger partial charge < -0.3 is 0 Å². The van der Waals surface area contributed by atoms with Crippen LogP contribution in [0.25, 0.3) is 0 Å². The van der Waals surface area contributed by atoms with Crippen LogP contribution in [0.3, 0.4) is 0 Å². The van der Waals surface area contributed by atoms with E-state index in [9.17, 15) is 0 Å². The van der Waals surface area contributed by atoms with Gasteiger partial charge in [-0.3, -0.25) is 0 Å².